The lowest BCUT2D eigenvalue weighted by Gasteiger charge is -2.16. The van der Waals surface area contributed by atoms with Crippen LogP contribution in [0.25, 0.3) is 0 Å². The minimum absolute atomic E-state index is 0.0359. The predicted octanol–water partition coefficient (Wildman–Crippen LogP) is 2.60. The molecule has 0 aliphatic carbocycles. The van der Waals surface area contributed by atoms with E-state index in [1.54, 1.807) is 7.05 Å². The van der Waals surface area contributed by atoms with Crippen LogP contribution in [0.2, 0.25) is 0 Å². The predicted molar refractivity (Wildman–Crippen MR) is 71.5 cm³/mol. The molecule has 0 aliphatic rings. The molecule has 1 aromatic carbocycles. The van der Waals surface area contributed by atoms with Gasteiger partial charge in [0.2, 0.25) is 10.0 Å². The zero-order chi connectivity index (χ0) is 12.9. The number of rotatable bonds is 6. The van der Waals surface area contributed by atoms with Gasteiger partial charge in [-0.15, -0.1) is 11.6 Å². The lowest BCUT2D eigenvalue weighted by atomic mass is 10.2. The maximum absolute atomic E-state index is 12.0. The summed E-state index contributed by atoms with van der Waals surface area (Å²) in [4.78, 5) is 0. The van der Waals surface area contributed by atoms with E-state index in [9.17, 15) is 8.42 Å². The Morgan fingerprint density at radius 2 is 1.94 bits per heavy atom. The highest BCUT2D eigenvalue weighted by Crippen LogP contribution is 2.13. The van der Waals surface area contributed by atoms with E-state index in [0.29, 0.717) is 12.4 Å². The van der Waals surface area contributed by atoms with Crippen LogP contribution >= 0.6 is 11.6 Å². The van der Waals surface area contributed by atoms with Crippen LogP contribution in [0.3, 0.4) is 0 Å². The molecule has 17 heavy (non-hydrogen) atoms. The molecule has 0 bridgehead atoms. The van der Waals surface area contributed by atoms with Crippen molar-refractivity contribution in [3.63, 3.8) is 0 Å². The van der Waals surface area contributed by atoms with E-state index in [0.717, 1.165) is 17.5 Å². The van der Waals surface area contributed by atoms with Crippen LogP contribution in [0, 0.1) is 0 Å². The van der Waals surface area contributed by atoms with Gasteiger partial charge in [0.05, 0.1) is 5.75 Å². The van der Waals surface area contributed by atoms with Gasteiger partial charge in [-0.1, -0.05) is 31.2 Å². The molecule has 0 atom stereocenters. The number of hydrogen-bond acceptors (Lipinski definition) is 2. The van der Waals surface area contributed by atoms with E-state index in [1.807, 2.05) is 31.2 Å². The monoisotopic (exact) mass is 275 g/mol. The summed E-state index contributed by atoms with van der Waals surface area (Å²) in [5, 5.41) is 0. The molecule has 0 spiro atoms. The summed E-state index contributed by atoms with van der Waals surface area (Å²) in [6, 6.07) is 7.37. The molecule has 0 aromatic heterocycles. The van der Waals surface area contributed by atoms with Crippen molar-refractivity contribution < 1.29 is 8.42 Å². The van der Waals surface area contributed by atoms with Crippen molar-refractivity contribution in [2.75, 3.05) is 13.6 Å². The second-order valence-corrected chi connectivity index (χ2v) is 6.37. The van der Waals surface area contributed by atoms with Crippen LogP contribution in [0.15, 0.2) is 24.3 Å². The average molecular weight is 276 g/mol. The largest absolute Gasteiger partial charge is 0.218 e. The Morgan fingerprint density at radius 1 is 1.29 bits per heavy atom. The van der Waals surface area contributed by atoms with Crippen molar-refractivity contribution in [3.05, 3.63) is 35.4 Å². The van der Waals surface area contributed by atoms with Gasteiger partial charge in [-0.05, 0) is 17.5 Å². The first-order valence-electron chi connectivity index (χ1n) is 5.57. The summed E-state index contributed by atoms with van der Waals surface area (Å²) < 4.78 is 25.4. The average Bonchev–Trinajstić information content (AvgIpc) is 2.29. The maximum atomic E-state index is 12.0. The minimum atomic E-state index is -3.21. The summed E-state index contributed by atoms with van der Waals surface area (Å²) in [5.74, 6) is 0.437. The first-order chi connectivity index (χ1) is 7.99. The zero-order valence-electron chi connectivity index (χ0n) is 10.2. The Hall–Kier alpha value is -0.580. The number of nitrogens with zero attached hydrogens (tertiary/aromatic N) is 1. The molecule has 0 heterocycles. The summed E-state index contributed by atoms with van der Waals surface area (Å²) in [6.07, 6.45) is 0.817. The SMILES string of the molecule is CCCN(C)S(=O)(=O)Cc1cccc(CCl)c1. The highest BCUT2D eigenvalue weighted by Gasteiger charge is 2.17. The Labute approximate surface area is 108 Å². The van der Waals surface area contributed by atoms with Crippen LogP contribution in [0.5, 0.6) is 0 Å². The van der Waals surface area contributed by atoms with Gasteiger partial charge in [0.15, 0.2) is 0 Å². The van der Waals surface area contributed by atoms with Crippen molar-refractivity contribution in [3.8, 4) is 0 Å². The van der Waals surface area contributed by atoms with Crippen molar-refractivity contribution in [2.24, 2.45) is 0 Å². The summed E-state index contributed by atoms with van der Waals surface area (Å²) >= 11 is 5.72. The molecule has 0 fully saturated rings. The van der Waals surface area contributed by atoms with Crippen molar-refractivity contribution in [1.29, 1.82) is 0 Å². The number of benzene rings is 1. The fourth-order valence-electron chi connectivity index (χ4n) is 1.58. The van der Waals surface area contributed by atoms with Gasteiger partial charge >= 0.3 is 0 Å². The first kappa shape index (κ1) is 14.5. The molecule has 3 nitrogen and oxygen atoms in total. The van der Waals surface area contributed by atoms with Crippen LogP contribution < -0.4 is 0 Å². The quantitative estimate of drug-likeness (QED) is 0.749. The van der Waals surface area contributed by atoms with Crippen LogP contribution in [-0.2, 0) is 21.7 Å². The molecule has 0 radical (unpaired) electrons. The smallest absolute Gasteiger partial charge is 0.212 e. The maximum Gasteiger partial charge on any atom is 0.218 e. The normalized spacial score (nSPS) is 12.0. The second kappa shape index (κ2) is 6.38. The number of hydrogen-bond donors (Lipinski definition) is 0. The molecule has 1 aromatic rings. The Kier molecular flexibility index (Phi) is 5.43. The highest BCUT2D eigenvalue weighted by molar-refractivity contribution is 7.88. The molecule has 0 saturated carbocycles. The number of sulfonamides is 1. The van der Waals surface area contributed by atoms with Gasteiger partial charge in [-0.3, -0.25) is 0 Å². The van der Waals surface area contributed by atoms with Gasteiger partial charge in [0.25, 0.3) is 0 Å². The van der Waals surface area contributed by atoms with E-state index in [4.69, 9.17) is 11.6 Å². The number of alkyl halides is 1. The van der Waals surface area contributed by atoms with E-state index in [-0.39, 0.29) is 5.75 Å². The van der Waals surface area contributed by atoms with Crippen molar-refractivity contribution in [2.45, 2.75) is 25.0 Å². The molecule has 96 valence electrons. The van der Waals surface area contributed by atoms with Gasteiger partial charge in [0, 0.05) is 19.5 Å². The molecule has 0 aliphatic heterocycles. The van der Waals surface area contributed by atoms with Gasteiger partial charge in [0.1, 0.15) is 0 Å². The fourth-order valence-corrected chi connectivity index (χ4v) is 3.03. The van der Waals surface area contributed by atoms with E-state index in [1.165, 1.54) is 4.31 Å². The van der Waals surface area contributed by atoms with E-state index >= 15 is 0 Å². The third-order valence-corrected chi connectivity index (χ3v) is 4.65. The second-order valence-electron chi connectivity index (χ2n) is 4.03. The number of halogens is 1. The molecule has 0 amide bonds. The van der Waals surface area contributed by atoms with Crippen LogP contribution in [0.4, 0.5) is 0 Å². The van der Waals surface area contributed by atoms with Gasteiger partial charge < -0.3 is 0 Å². The van der Waals surface area contributed by atoms with E-state index < -0.39 is 10.0 Å². The fraction of sp³-hybridized carbons (Fsp3) is 0.500. The van der Waals surface area contributed by atoms with Crippen molar-refractivity contribution in [1.82, 2.24) is 4.31 Å². The van der Waals surface area contributed by atoms with Crippen molar-refractivity contribution >= 4 is 21.6 Å². The van der Waals surface area contributed by atoms with Gasteiger partial charge in [-0.25, -0.2) is 12.7 Å². The van der Waals surface area contributed by atoms with E-state index in [2.05, 4.69) is 0 Å². The highest BCUT2D eigenvalue weighted by atomic mass is 35.5. The lowest BCUT2D eigenvalue weighted by Crippen LogP contribution is -2.28. The molecular formula is C12H18ClNO2S. The Morgan fingerprint density at radius 3 is 2.53 bits per heavy atom. The first-order valence-corrected chi connectivity index (χ1v) is 7.71. The van der Waals surface area contributed by atoms with Gasteiger partial charge in [-0.2, -0.15) is 0 Å². The third-order valence-electron chi connectivity index (χ3n) is 2.51. The standard InChI is InChI=1S/C12H18ClNO2S/c1-3-7-14(2)17(15,16)10-12-6-4-5-11(8-12)9-13/h4-6,8H,3,7,9-10H2,1-2H3. The van der Waals surface area contributed by atoms with Crippen LogP contribution in [-0.4, -0.2) is 26.3 Å². The Bertz CT molecular complexity index is 459. The molecule has 1 rings (SSSR count). The topological polar surface area (TPSA) is 37.4 Å². The minimum Gasteiger partial charge on any atom is -0.212 e. The lowest BCUT2D eigenvalue weighted by molar-refractivity contribution is 0.467. The summed E-state index contributed by atoms with van der Waals surface area (Å²) in [7, 11) is -1.59. The third kappa shape index (κ3) is 4.30. The zero-order valence-corrected chi connectivity index (χ0v) is 11.8. The molecule has 0 unspecified atom stereocenters. The molecular weight excluding hydrogens is 258 g/mol. The summed E-state index contributed by atoms with van der Waals surface area (Å²) in [5.41, 5.74) is 1.73. The Balaban J connectivity index is 2.82. The molecule has 5 heteroatoms. The molecule has 0 saturated heterocycles. The van der Waals surface area contributed by atoms with Crippen LogP contribution in [0.1, 0.15) is 24.5 Å². The summed E-state index contributed by atoms with van der Waals surface area (Å²) in [6.45, 7) is 2.51. The molecule has 0 N–H and O–H groups in total.